The Labute approximate surface area is 127 Å². The number of rotatable bonds is 4. The van der Waals surface area contributed by atoms with E-state index in [2.05, 4.69) is 0 Å². The minimum Gasteiger partial charge on any atom is -0.394 e. The van der Waals surface area contributed by atoms with Gasteiger partial charge in [0.15, 0.2) is 12.6 Å². The molecule has 0 aliphatic carbocycles. The van der Waals surface area contributed by atoms with Crippen LogP contribution in [-0.4, -0.2) is 95.6 Å². The van der Waals surface area contributed by atoms with Crippen LogP contribution >= 0.6 is 0 Å². The van der Waals surface area contributed by atoms with Gasteiger partial charge in [-0.1, -0.05) is 0 Å². The Hall–Kier alpha value is -0.360. The van der Waals surface area contributed by atoms with Crippen molar-refractivity contribution < 1.29 is 44.1 Å². The van der Waals surface area contributed by atoms with Crippen LogP contribution in [0, 0.1) is 0 Å². The number of aliphatic hydroxyl groups is 4. The number of hydrogen-bond acceptors (Lipinski definition) is 9. The molecule has 3 aliphatic heterocycles. The largest absolute Gasteiger partial charge is 0.394 e. The molecule has 0 unspecified atom stereocenters. The molecule has 0 amide bonds. The second kappa shape index (κ2) is 6.27. The smallest absolute Gasteiger partial charge is 0.187 e. The van der Waals surface area contributed by atoms with Gasteiger partial charge in [0.05, 0.1) is 12.7 Å². The van der Waals surface area contributed by atoms with Crippen molar-refractivity contribution in [3.63, 3.8) is 0 Å². The summed E-state index contributed by atoms with van der Waals surface area (Å²) >= 11 is 0. The van der Waals surface area contributed by atoms with Crippen molar-refractivity contribution in [2.24, 2.45) is 0 Å². The predicted octanol–water partition coefficient (Wildman–Crippen LogP) is -2.67. The van der Waals surface area contributed by atoms with Crippen LogP contribution in [0.5, 0.6) is 0 Å². The molecule has 9 heteroatoms. The average Bonchev–Trinajstić information content (AvgIpc) is 3.30. The maximum absolute atomic E-state index is 10.2. The van der Waals surface area contributed by atoms with E-state index >= 15 is 0 Å². The van der Waals surface area contributed by atoms with E-state index in [1.807, 2.05) is 0 Å². The van der Waals surface area contributed by atoms with Crippen molar-refractivity contribution in [3.05, 3.63) is 0 Å². The molecule has 0 aromatic rings. The summed E-state index contributed by atoms with van der Waals surface area (Å²) < 4.78 is 26.8. The number of hydrogen-bond donors (Lipinski definition) is 4. The van der Waals surface area contributed by atoms with Crippen LogP contribution in [0.1, 0.15) is 6.92 Å². The molecule has 0 aromatic heterocycles. The van der Waals surface area contributed by atoms with Gasteiger partial charge in [0, 0.05) is 7.11 Å². The van der Waals surface area contributed by atoms with Gasteiger partial charge in [0.1, 0.15) is 42.7 Å². The highest BCUT2D eigenvalue weighted by molar-refractivity contribution is 5.01. The van der Waals surface area contributed by atoms with Gasteiger partial charge in [-0.25, -0.2) is 0 Å². The lowest BCUT2D eigenvalue weighted by Gasteiger charge is -2.42. The number of aliphatic hydroxyl groups excluding tert-OH is 4. The molecule has 3 saturated heterocycles. The van der Waals surface area contributed by atoms with Gasteiger partial charge in [-0.2, -0.15) is 0 Å². The third kappa shape index (κ3) is 2.77. The Bertz CT molecular complexity index is 394. The number of epoxide rings is 1. The summed E-state index contributed by atoms with van der Waals surface area (Å²) in [6.45, 7) is 1.31. The van der Waals surface area contributed by atoms with E-state index < -0.39 is 61.4 Å². The number of ether oxygens (including phenoxy) is 5. The first-order valence-electron chi connectivity index (χ1n) is 7.27. The van der Waals surface area contributed by atoms with E-state index in [1.54, 1.807) is 6.92 Å². The van der Waals surface area contributed by atoms with Crippen LogP contribution in [0.3, 0.4) is 0 Å². The van der Waals surface area contributed by atoms with E-state index in [0.717, 1.165) is 0 Å². The van der Waals surface area contributed by atoms with Crippen molar-refractivity contribution in [1.82, 2.24) is 0 Å². The molecule has 4 N–H and O–H groups in total. The molecule has 3 heterocycles. The zero-order chi connectivity index (χ0) is 16.0. The zero-order valence-corrected chi connectivity index (χ0v) is 12.3. The van der Waals surface area contributed by atoms with Crippen molar-refractivity contribution in [2.75, 3.05) is 13.7 Å². The molecule has 3 aliphatic rings. The van der Waals surface area contributed by atoms with Crippen molar-refractivity contribution in [2.45, 2.75) is 68.3 Å². The van der Waals surface area contributed by atoms with Gasteiger partial charge >= 0.3 is 0 Å². The molecule has 0 spiro atoms. The molecule has 128 valence electrons. The molecule has 3 rings (SSSR count). The van der Waals surface area contributed by atoms with Crippen LogP contribution in [0.4, 0.5) is 0 Å². The van der Waals surface area contributed by atoms with Crippen LogP contribution < -0.4 is 0 Å². The topological polar surface area (TPSA) is 130 Å². The summed E-state index contributed by atoms with van der Waals surface area (Å²) in [5, 5.41) is 39.2. The Morgan fingerprint density at radius 2 is 1.64 bits per heavy atom. The first-order chi connectivity index (χ1) is 10.5. The highest BCUT2D eigenvalue weighted by atomic mass is 16.8. The van der Waals surface area contributed by atoms with E-state index in [1.165, 1.54) is 7.11 Å². The molecule has 9 nitrogen and oxygen atoms in total. The molecule has 3 fully saturated rings. The third-order valence-electron chi connectivity index (χ3n) is 4.34. The van der Waals surface area contributed by atoms with Crippen LogP contribution in [0.15, 0.2) is 0 Å². The summed E-state index contributed by atoms with van der Waals surface area (Å²) in [6.07, 6.45) is -8.34. The van der Waals surface area contributed by atoms with Crippen molar-refractivity contribution in [1.29, 1.82) is 0 Å². The lowest BCUT2D eigenvalue weighted by atomic mass is 9.99. The minimum atomic E-state index is -1.26. The first kappa shape index (κ1) is 16.5. The number of fused-ring (bicyclic) bond motifs is 1. The summed E-state index contributed by atoms with van der Waals surface area (Å²) in [6, 6.07) is 0. The average molecular weight is 322 g/mol. The third-order valence-corrected chi connectivity index (χ3v) is 4.34. The quantitative estimate of drug-likeness (QED) is 0.409. The van der Waals surface area contributed by atoms with E-state index in [0.29, 0.717) is 0 Å². The lowest BCUT2D eigenvalue weighted by molar-refractivity contribution is -0.325. The van der Waals surface area contributed by atoms with Crippen LogP contribution in [0.2, 0.25) is 0 Å². The van der Waals surface area contributed by atoms with Gasteiger partial charge in [0.2, 0.25) is 0 Å². The maximum Gasteiger partial charge on any atom is 0.187 e. The molecule has 0 radical (unpaired) electrons. The molecule has 0 saturated carbocycles. The van der Waals surface area contributed by atoms with Gasteiger partial charge < -0.3 is 44.1 Å². The zero-order valence-electron chi connectivity index (χ0n) is 12.3. The van der Waals surface area contributed by atoms with Gasteiger partial charge in [-0.15, -0.1) is 0 Å². The van der Waals surface area contributed by atoms with Crippen molar-refractivity contribution in [3.8, 4) is 0 Å². The highest BCUT2D eigenvalue weighted by Gasteiger charge is 2.59. The Morgan fingerprint density at radius 1 is 0.909 bits per heavy atom. The molecular formula is C13H22O9. The Balaban J connectivity index is 1.65. The fourth-order valence-electron chi connectivity index (χ4n) is 2.98. The standard InChI is InChI=1S/C13H22O9/c1-4-9(7(16)8(17)12(18-2)19-4)22-13-11-10(21-11)6(15)5(3-14)20-13/h4-17H,3H2,1-2H3/t4-,5-,6-,7-,8-,9-,10+,11+,12+,13-/m1/s1. The second-order valence-electron chi connectivity index (χ2n) is 5.81. The van der Waals surface area contributed by atoms with E-state index in [9.17, 15) is 20.4 Å². The first-order valence-corrected chi connectivity index (χ1v) is 7.27. The fraction of sp³-hybridized carbons (Fsp3) is 1.00. The molecule has 22 heavy (non-hydrogen) atoms. The van der Waals surface area contributed by atoms with Crippen molar-refractivity contribution >= 4 is 0 Å². The van der Waals surface area contributed by atoms with Crippen LogP contribution in [-0.2, 0) is 23.7 Å². The summed E-state index contributed by atoms with van der Waals surface area (Å²) in [7, 11) is 1.37. The normalized spacial score (nSPS) is 54.8. The van der Waals surface area contributed by atoms with E-state index in [-0.39, 0.29) is 6.61 Å². The van der Waals surface area contributed by atoms with E-state index in [4.69, 9.17) is 23.7 Å². The SMILES string of the molecule is CO[C@H]1O[C@H](C)[C@@H](O[C@H]2O[C@H](CO)[C@@H](O)[C@@H]3O[C@H]23)[C@H](O)[C@H]1O. The van der Waals surface area contributed by atoms with Gasteiger partial charge in [0.25, 0.3) is 0 Å². The lowest BCUT2D eigenvalue weighted by Crippen LogP contribution is -2.60. The van der Waals surface area contributed by atoms with Gasteiger partial charge in [-0.3, -0.25) is 0 Å². The minimum absolute atomic E-state index is 0.374. The Kier molecular flexibility index (Phi) is 4.70. The van der Waals surface area contributed by atoms with Gasteiger partial charge in [-0.05, 0) is 6.92 Å². The molecule has 0 bridgehead atoms. The maximum atomic E-state index is 10.2. The molecule has 0 aromatic carbocycles. The highest BCUT2D eigenvalue weighted by Crippen LogP contribution is 2.39. The fourth-order valence-corrected chi connectivity index (χ4v) is 2.98. The number of methoxy groups -OCH3 is 1. The molecule has 10 atom stereocenters. The summed E-state index contributed by atoms with van der Waals surface area (Å²) in [5.74, 6) is 0. The predicted molar refractivity (Wildman–Crippen MR) is 68.6 cm³/mol. The summed E-state index contributed by atoms with van der Waals surface area (Å²) in [5.41, 5.74) is 0. The second-order valence-corrected chi connectivity index (χ2v) is 5.81. The molecular weight excluding hydrogens is 300 g/mol. The Morgan fingerprint density at radius 3 is 2.27 bits per heavy atom. The monoisotopic (exact) mass is 322 g/mol. The van der Waals surface area contributed by atoms with Crippen LogP contribution in [0.25, 0.3) is 0 Å². The summed E-state index contributed by atoms with van der Waals surface area (Å²) in [4.78, 5) is 0.